The van der Waals surface area contributed by atoms with Gasteiger partial charge in [-0.05, 0) is 19.1 Å². The Morgan fingerprint density at radius 1 is 1.23 bits per heavy atom. The molecule has 3 nitrogen and oxygen atoms in total. The third-order valence-corrected chi connectivity index (χ3v) is 2.89. The fourth-order valence-electron chi connectivity index (χ4n) is 0.859. The van der Waals surface area contributed by atoms with Crippen LogP contribution in [0.1, 0.15) is 5.56 Å². The summed E-state index contributed by atoms with van der Waals surface area (Å²) in [5, 5.41) is 0.525. The highest BCUT2D eigenvalue weighted by Crippen LogP contribution is 2.11. The normalized spacial score (nSPS) is 10.5. The Balaban J connectivity index is 3.24. The van der Waals surface area contributed by atoms with Gasteiger partial charge in [0, 0.05) is 0 Å². The molecule has 0 aliphatic rings. The smallest absolute Gasteiger partial charge is 0.210 e. The van der Waals surface area contributed by atoms with Crippen molar-refractivity contribution in [2.24, 2.45) is 0 Å². The topological polar surface area (TPSA) is 51.2 Å². The molecule has 13 heavy (non-hydrogen) atoms. The Labute approximate surface area is 76.6 Å². The van der Waals surface area contributed by atoms with Gasteiger partial charge in [0.05, 0.1) is 4.90 Å². The van der Waals surface area contributed by atoms with Crippen molar-refractivity contribution < 1.29 is 13.2 Å². The summed E-state index contributed by atoms with van der Waals surface area (Å²) in [4.78, 5) is 10.0. The zero-order chi connectivity index (χ0) is 9.90. The predicted octanol–water partition coefficient (Wildman–Crippen LogP) is 1.11. The molecule has 0 aliphatic heterocycles. The molecule has 0 bridgehead atoms. The highest BCUT2D eigenvalue weighted by molar-refractivity contribution is 7.94. The van der Waals surface area contributed by atoms with Crippen molar-refractivity contribution in [3.8, 4) is 0 Å². The third-order valence-electron chi connectivity index (χ3n) is 1.55. The third kappa shape index (κ3) is 2.28. The van der Waals surface area contributed by atoms with E-state index < -0.39 is 9.84 Å². The van der Waals surface area contributed by atoms with E-state index in [4.69, 9.17) is 0 Å². The van der Waals surface area contributed by atoms with Crippen molar-refractivity contribution in [3.05, 3.63) is 35.2 Å². The minimum absolute atomic E-state index is 0.112. The molecule has 0 unspecified atom stereocenters. The minimum atomic E-state index is -3.58. The van der Waals surface area contributed by atoms with Gasteiger partial charge < -0.3 is 0 Å². The maximum absolute atomic E-state index is 11.2. The number of carbonyl (C=O) groups excluding carboxylic acids is 1. The van der Waals surface area contributed by atoms with Crippen molar-refractivity contribution in [2.45, 2.75) is 11.8 Å². The van der Waals surface area contributed by atoms with E-state index in [0.29, 0.717) is 5.41 Å². The molecule has 0 spiro atoms. The fourth-order valence-corrected chi connectivity index (χ4v) is 1.64. The zero-order valence-electron chi connectivity index (χ0n) is 7.02. The SMILES string of the molecule is Cc1ccc(S(=O)(=O)C=C=O)cc1. The van der Waals surface area contributed by atoms with Gasteiger partial charge in [-0.3, -0.25) is 0 Å². The van der Waals surface area contributed by atoms with Crippen LogP contribution in [0.2, 0.25) is 0 Å². The Bertz CT molecular complexity index is 436. The Hall–Kier alpha value is -1.38. The maximum atomic E-state index is 11.2. The van der Waals surface area contributed by atoms with E-state index >= 15 is 0 Å². The Morgan fingerprint density at radius 2 is 1.77 bits per heavy atom. The van der Waals surface area contributed by atoms with Gasteiger partial charge in [0.1, 0.15) is 11.3 Å². The fraction of sp³-hybridized carbons (Fsp3) is 0.111. The predicted molar refractivity (Wildman–Crippen MR) is 48.6 cm³/mol. The molecule has 68 valence electrons. The van der Waals surface area contributed by atoms with Gasteiger partial charge in [0.25, 0.3) is 0 Å². The second-order valence-electron chi connectivity index (χ2n) is 2.59. The molecule has 1 aromatic carbocycles. The number of hydrogen-bond donors (Lipinski definition) is 0. The zero-order valence-corrected chi connectivity index (χ0v) is 7.84. The average molecular weight is 196 g/mol. The van der Waals surface area contributed by atoms with Crippen LogP contribution in [-0.2, 0) is 14.6 Å². The van der Waals surface area contributed by atoms with Gasteiger partial charge in [-0.2, -0.15) is 0 Å². The highest BCUT2D eigenvalue weighted by atomic mass is 32.2. The quantitative estimate of drug-likeness (QED) is 0.666. The number of sulfone groups is 1. The summed E-state index contributed by atoms with van der Waals surface area (Å²) in [6.45, 7) is 1.85. The molecule has 0 heterocycles. The van der Waals surface area contributed by atoms with Crippen molar-refractivity contribution in [2.75, 3.05) is 0 Å². The van der Waals surface area contributed by atoms with Gasteiger partial charge in [-0.25, -0.2) is 13.2 Å². The second-order valence-corrected chi connectivity index (χ2v) is 4.39. The van der Waals surface area contributed by atoms with Crippen molar-refractivity contribution in [1.82, 2.24) is 0 Å². The second kappa shape index (κ2) is 3.56. The molecule has 0 atom stereocenters. The summed E-state index contributed by atoms with van der Waals surface area (Å²) in [5.41, 5.74) is 0.967. The van der Waals surface area contributed by atoms with Crippen LogP contribution >= 0.6 is 0 Å². The van der Waals surface area contributed by atoms with Crippen LogP contribution < -0.4 is 0 Å². The maximum Gasteiger partial charge on any atom is 0.210 e. The van der Waals surface area contributed by atoms with E-state index in [0.717, 1.165) is 5.56 Å². The molecule has 0 fully saturated rings. The van der Waals surface area contributed by atoms with Gasteiger partial charge in [0.2, 0.25) is 9.84 Å². The molecular weight excluding hydrogens is 188 g/mol. The average Bonchev–Trinajstić information content (AvgIpc) is 2.05. The van der Waals surface area contributed by atoms with E-state index in [9.17, 15) is 13.2 Å². The van der Waals surface area contributed by atoms with Crippen LogP contribution in [0.4, 0.5) is 0 Å². The monoisotopic (exact) mass is 196 g/mol. The van der Waals surface area contributed by atoms with Crippen LogP contribution in [-0.4, -0.2) is 14.4 Å². The Kier molecular flexibility index (Phi) is 2.66. The molecule has 0 aromatic heterocycles. The lowest BCUT2D eigenvalue weighted by molar-refractivity contribution is 0.568. The lowest BCUT2D eigenvalue weighted by atomic mass is 10.2. The lowest BCUT2D eigenvalue weighted by Gasteiger charge is -1.97. The molecule has 0 aliphatic carbocycles. The molecule has 0 radical (unpaired) electrons. The Morgan fingerprint density at radius 3 is 2.23 bits per heavy atom. The molecule has 0 saturated carbocycles. The summed E-state index contributed by atoms with van der Waals surface area (Å²) in [6.07, 6.45) is 0. The molecule has 0 saturated heterocycles. The van der Waals surface area contributed by atoms with E-state index in [2.05, 4.69) is 0 Å². The van der Waals surface area contributed by atoms with Crippen molar-refractivity contribution >= 4 is 15.8 Å². The lowest BCUT2D eigenvalue weighted by Crippen LogP contribution is -1.95. The summed E-state index contributed by atoms with van der Waals surface area (Å²) in [5.74, 6) is 1.26. The van der Waals surface area contributed by atoms with E-state index in [-0.39, 0.29) is 4.90 Å². The van der Waals surface area contributed by atoms with Gasteiger partial charge in [-0.1, -0.05) is 17.7 Å². The van der Waals surface area contributed by atoms with Crippen LogP contribution in [0.25, 0.3) is 0 Å². The largest absolute Gasteiger partial charge is 0.233 e. The number of benzene rings is 1. The van der Waals surface area contributed by atoms with Crippen LogP contribution in [0.3, 0.4) is 0 Å². The molecule has 1 aromatic rings. The molecule has 4 heteroatoms. The highest BCUT2D eigenvalue weighted by Gasteiger charge is 2.09. The molecule has 0 N–H and O–H groups in total. The van der Waals surface area contributed by atoms with Crippen LogP contribution in [0.5, 0.6) is 0 Å². The van der Waals surface area contributed by atoms with E-state index in [1.165, 1.54) is 18.1 Å². The van der Waals surface area contributed by atoms with Crippen LogP contribution in [0.15, 0.2) is 34.6 Å². The first-order valence-electron chi connectivity index (χ1n) is 3.59. The molecule has 1 rings (SSSR count). The number of hydrogen-bond acceptors (Lipinski definition) is 3. The van der Waals surface area contributed by atoms with E-state index in [1.807, 2.05) is 6.92 Å². The number of aryl methyl sites for hydroxylation is 1. The van der Waals surface area contributed by atoms with Crippen molar-refractivity contribution in [1.29, 1.82) is 0 Å². The summed E-state index contributed by atoms with van der Waals surface area (Å²) >= 11 is 0. The molecular formula is C9H8O3S. The molecule has 0 amide bonds. The van der Waals surface area contributed by atoms with Gasteiger partial charge >= 0.3 is 0 Å². The van der Waals surface area contributed by atoms with Crippen molar-refractivity contribution in [3.63, 3.8) is 0 Å². The van der Waals surface area contributed by atoms with Gasteiger partial charge in [0.15, 0.2) is 0 Å². The first-order chi connectivity index (χ1) is 6.06. The first-order valence-corrected chi connectivity index (χ1v) is 5.13. The van der Waals surface area contributed by atoms with E-state index in [1.54, 1.807) is 12.1 Å². The van der Waals surface area contributed by atoms with Gasteiger partial charge in [-0.15, -0.1) is 0 Å². The summed E-state index contributed by atoms with van der Waals surface area (Å²) in [7, 11) is -3.58. The summed E-state index contributed by atoms with van der Waals surface area (Å²) < 4.78 is 22.5. The standard InChI is InChI=1S/C9H8O3S/c1-8-2-4-9(5-3-8)13(11,12)7-6-10/h2-5,7H,1H3. The first kappa shape index (κ1) is 9.71. The summed E-state index contributed by atoms with van der Waals surface area (Å²) in [6, 6.07) is 6.26. The van der Waals surface area contributed by atoms with Crippen LogP contribution in [0, 0.1) is 6.92 Å². The number of rotatable bonds is 2. The minimum Gasteiger partial charge on any atom is -0.233 e.